The van der Waals surface area contributed by atoms with Crippen LogP contribution in [-0.2, 0) is 11.2 Å². The Morgan fingerprint density at radius 2 is 2.00 bits per heavy atom. The summed E-state index contributed by atoms with van der Waals surface area (Å²) >= 11 is 6.19. The Kier molecular flexibility index (Phi) is 5.33. The quantitative estimate of drug-likeness (QED) is 0.769. The van der Waals surface area contributed by atoms with E-state index >= 15 is 0 Å². The number of aryl methyl sites for hydroxylation is 1. The number of carbonyl (C=O) groups is 1. The van der Waals surface area contributed by atoms with E-state index in [1.165, 1.54) is 5.56 Å². The van der Waals surface area contributed by atoms with Gasteiger partial charge in [0.1, 0.15) is 0 Å². The highest BCUT2D eigenvalue weighted by molar-refractivity contribution is 6.20. The molecule has 2 nitrogen and oxygen atoms in total. The molecule has 0 amide bonds. The molecule has 1 aromatic rings. The van der Waals surface area contributed by atoms with Gasteiger partial charge >= 0.3 is 5.97 Å². The minimum atomic E-state index is -0.759. The molecule has 0 saturated heterocycles. The van der Waals surface area contributed by atoms with Crippen molar-refractivity contribution in [3.05, 3.63) is 35.4 Å². The smallest absolute Gasteiger partial charge is 0.303 e. The lowest BCUT2D eigenvalue weighted by atomic mass is 10.0. The minimum absolute atomic E-state index is 0.0785. The lowest BCUT2D eigenvalue weighted by Gasteiger charge is -2.09. The van der Waals surface area contributed by atoms with Crippen LogP contribution in [0.4, 0.5) is 0 Å². The van der Waals surface area contributed by atoms with E-state index in [1.807, 2.05) is 12.1 Å². The maximum absolute atomic E-state index is 10.4. The molecule has 0 bridgehead atoms. The number of hydrogen-bond donors (Lipinski definition) is 1. The van der Waals surface area contributed by atoms with Gasteiger partial charge in [0.15, 0.2) is 0 Å². The molecule has 0 aliphatic carbocycles. The molecule has 16 heavy (non-hydrogen) atoms. The van der Waals surface area contributed by atoms with Crippen LogP contribution in [0, 0.1) is 0 Å². The molecule has 0 spiro atoms. The largest absolute Gasteiger partial charge is 0.481 e. The predicted molar refractivity (Wildman–Crippen MR) is 65.9 cm³/mol. The van der Waals surface area contributed by atoms with Crippen LogP contribution in [0.15, 0.2) is 24.3 Å². The van der Waals surface area contributed by atoms with Gasteiger partial charge in [-0.25, -0.2) is 0 Å². The van der Waals surface area contributed by atoms with Crippen molar-refractivity contribution in [2.75, 3.05) is 0 Å². The van der Waals surface area contributed by atoms with Gasteiger partial charge in [0.05, 0.1) is 5.38 Å². The fourth-order valence-electron chi connectivity index (χ4n) is 1.56. The Labute approximate surface area is 101 Å². The molecule has 0 fully saturated rings. The third-order valence-corrected chi connectivity index (χ3v) is 3.07. The summed E-state index contributed by atoms with van der Waals surface area (Å²) in [5, 5.41) is 8.44. The van der Waals surface area contributed by atoms with Crippen LogP contribution < -0.4 is 0 Å². The van der Waals surface area contributed by atoms with Crippen LogP contribution in [0.3, 0.4) is 0 Å². The first-order valence-electron chi connectivity index (χ1n) is 5.58. The van der Waals surface area contributed by atoms with Crippen molar-refractivity contribution < 1.29 is 9.90 Å². The standard InChI is InChI=1S/C13H17ClO2/c1-2-10-6-8-11(9-7-10)12(14)4-3-5-13(15)16/h6-9,12H,2-5H2,1H3,(H,15,16). The highest BCUT2D eigenvalue weighted by Gasteiger charge is 2.08. The summed E-state index contributed by atoms with van der Waals surface area (Å²) in [7, 11) is 0. The van der Waals surface area contributed by atoms with E-state index in [2.05, 4.69) is 19.1 Å². The molecule has 88 valence electrons. The number of hydrogen-bond acceptors (Lipinski definition) is 1. The van der Waals surface area contributed by atoms with E-state index in [1.54, 1.807) is 0 Å². The van der Waals surface area contributed by atoms with E-state index in [4.69, 9.17) is 16.7 Å². The molecule has 0 aliphatic rings. The number of rotatable bonds is 6. The number of aliphatic carboxylic acids is 1. The highest BCUT2D eigenvalue weighted by Crippen LogP contribution is 2.26. The van der Waals surface area contributed by atoms with E-state index in [0.717, 1.165) is 12.0 Å². The van der Waals surface area contributed by atoms with Crippen LogP contribution in [0.1, 0.15) is 42.7 Å². The topological polar surface area (TPSA) is 37.3 Å². The molecule has 0 heterocycles. The van der Waals surface area contributed by atoms with Crippen molar-refractivity contribution >= 4 is 17.6 Å². The molecule has 0 radical (unpaired) electrons. The van der Waals surface area contributed by atoms with Crippen LogP contribution >= 0.6 is 11.6 Å². The minimum Gasteiger partial charge on any atom is -0.481 e. The fraction of sp³-hybridized carbons (Fsp3) is 0.462. The second-order valence-corrected chi connectivity index (χ2v) is 4.38. The van der Waals surface area contributed by atoms with Crippen LogP contribution in [-0.4, -0.2) is 11.1 Å². The summed E-state index contributed by atoms with van der Waals surface area (Å²) in [4.78, 5) is 10.4. The molecular weight excluding hydrogens is 224 g/mol. The highest BCUT2D eigenvalue weighted by atomic mass is 35.5. The van der Waals surface area contributed by atoms with Gasteiger partial charge in [0.2, 0.25) is 0 Å². The Hall–Kier alpha value is -1.02. The summed E-state index contributed by atoms with van der Waals surface area (Å²) < 4.78 is 0. The molecule has 3 heteroatoms. The lowest BCUT2D eigenvalue weighted by molar-refractivity contribution is -0.137. The summed E-state index contributed by atoms with van der Waals surface area (Å²) in [5.41, 5.74) is 2.36. The van der Waals surface area contributed by atoms with Gasteiger partial charge in [-0.2, -0.15) is 0 Å². The summed E-state index contributed by atoms with van der Waals surface area (Å²) in [5.74, 6) is -0.759. The van der Waals surface area contributed by atoms with E-state index in [9.17, 15) is 4.79 Å². The number of alkyl halides is 1. The first-order chi connectivity index (χ1) is 7.63. The molecule has 1 aromatic carbocycles. The third kappa shape index (κ3) is 4.23. The zero-order valence-electron chi connectivity index (χ0n) is 9.45. The van der Waals surface area contributed by atoms with Crippen molar-refractivity contribution in [3.63, 3.8) is 0 Å². The zero-order chi connectivity index (χ0) is 12.0. The summed E-state index contributed by atoms with van der Waals surface area (Å²) in [6, 6.07) is 8.19. The normalized spacial score (nSPS) is 12.4. The number of halogens is 1. The van der Waals surface area contributed by atoms with E-state index < -0.39 is 5.97 Å². The van der Waals surface area contributed by atoms with Crippen molar-refractivity contribution in [2.24, 2.45) is 0 Å². The van der Waals surface area contributed by atoms with Gasteiger partial charge in [-0.1, -0.05) is 31.2 Å². The molecule has 0 saturated carbocycles. The molecular formula is C13H17ClO2. The number of carboxylic acid groups (broad SMARTS) is 1. The van der Waals surface area contributed by atoms with Gasteiger partial charge in [-0.05, 0) is 30.4 Å². The number of benzene rings is 1. The van der Waals surface area contributed by atoms with Gasteiger partial charge in [-0.3, -0.25) is 4.79 Å². The molecule has 1 atom stereocenters. The second kappa shape index (κ2) is 6.54. The molecule has 1 unspecified atom stereocenters. The Balaban J connectivity index is 2.45. The molecule has 0 aliphatic heterocycles. The van der Waals surface area contributed by atoms with Gasteiger partial charge in [0.25, 0.3) is 0 Å². The molecule has 1 rings (SSSR count). The third-order valence-electron chi connectivity index (χ3n) is 2.60. The monoisotopic (exact) mass is 240 g/mol. The Morgan fingerprint density at radius 3 is 2.50 bits per heavy atom. The van der Waals surface area contributed by atoms with Crippen molar-refractivity contribution in [3.8, 4) is 0 Å². The lowest BCUT2D eigenvalue weighted by Crippen LogP contribution is -1.97. The first kappa shape index (κ1) is 13.0. The van der Waals surface area contributed by atoms with Crippen molar-refractivity contribution in [1.29, 1.82) is 0 Å². The summed E-state index contributed by atoms with van der Waals surface area (Å²) in [6.45, 7) is 2.11. The van der Waals surface area contributed by atoms with E-state index in [0.29, 0.717) is 12.8 Å². The fourth-order valence-corrected chi connectivity index (χ4v) is 1.86. The Bertz CT molecular complexity index is 332. The molecule has 0 aromatic heterocycles. The van der Waals surface area contributed by atoms with Crippen molar-refractivity contribution in [1.82, 2.24) is 0 Å². The van der Waals surface area contributed by atoms with Crippen LogP contribution in [0.2, 0.25) is 0 Å². The van der Waals surface area contributed by atoms with Crippen LogP contribution in [0.5, 0.6) is 0 Å². The SMILES string of the molecule is CCc1ccc(C(Cl)CCCC(=O)O)cc1. The Morgan fingerprint density at radius 1 is 1.38 bits per heavy atom. The maximum Gasteiger partial charge on any atom is 0.303 e. The first-order valence-corrected chi connectivity index (χ1v) is 6.01. The summed E-state index contributed by atoms with van der Waals surface area (Å²) in [6.07, 6.45) is 2.54. The average molecular weight is 241 g/mol. The maximum atomic E-state index is 10.4. The van der Waals surface area contributed by atoms with Crippen LogP contribution in [0.25, 0.3) is 0 Å². The van der Waals surface area contributed by atoms with Gasteiger partial charge in [0, 0.05) is 6.42 Å². The zero-order valence-corrected chi connectivity index (χ0v) is 10.2. The van der Waals surface area contributed by atoms with E-state index in [-0.39, 0.29) is 11.8 Å². The van der Waals surface area contributed by atoms with Crippen molar-refractivity contribution in [2.45, 2.75) is 38.0 Å². The second-order valence-electron chi connectivity index (χ2n) is 3.85. The van der Waals surface area contributed by atoms with Gasteiger partial charge < -0.3 is 5.11 Å². The molecule has 1 N–H and O–H groups in total. The average Bonchev–Trinajstić information content (AvgIpc) is 2.28. The van der Waals surface area contributed by atoms with Gasteiger partial charge in [-0.15, -0.1) is 11.6 Å². The predicted octanol–water partition coefficient (Wildman–Crippen LogP) is 3.78. The number of carboxylic acids is 1.